The second kappa shape index (κ2) is 10.5. The monoisotopic (exact) mass is 324 g/mol. The zero-order chi connectivity index (χ0) is 17.1. The molecule has 23 heavy (non-hydrogen) atoms. The molecule has 0 saturated heterocycles. The molecule has 2 aromatic carbocycles. The summed E-state index contributed by atoms with van der Waals surface area (Å²) in [6.45, 7) is 8.00. The summed E-state index contributed by atoms with van der Waals surface area (Å²) < 4.78 is 0. The van der Waals surface area contributed by atoms with Gasteiger partial charge in [-0.15, -0.1) is 11.3 Å². The molecule has 1 heterocycles. The van der Waals surface area contributed by atoms with Crippen molar-refractivity contribution >= 4 is 17.6 Å². The van der Waals surface area contributed by atoms with Crippen molar-refractivity contribution in [2.24, 2.45) is 0 Å². The first-order valence-corrected chi connectivity index (χ1v) is 8.89. The van der Waals surface area contributed by atoms with E-state index in [0.717, 1.165) is 21.6 Å². The van der Waals surface area contributed by atoms with E-state index < -0.39 is 0 Å². The van der Waals surface area contributed by atoms with Crippen molar-refractivity contribution < 1.29 is 4.79 Å². The summed E-state index contributed by atoms with van der Waals surface area (Å²) in [5.41, 5.74) is 3.57. The van der Waals surface area contributed by atoms with E-state index in [1.54, 1.807) is 0 Å². The van der Waals surface area contributed by atoms with Crippen LogP contribution in [-0.2, 0) is 0 Å². The Kier molecular flexibility index (Phi) is 8.63. The van der Waals surface area contributed by atoms with Gasteiger partial charge in [-0.05, 0) is 28.8 Å². The first kappa shape index (κ1) is 18.9. The second-order valence-corrected chi connectivity index (χ2v) is 5.38. The van der Waals surface area contributed by atoms with Crippen molar-refractivity contribution in [1.29, 1.82) is 0 Å². The van der Waals surface area contributed by atoms with Crippen LogP contribution in [0.5, 0.6) is 0 Å². The summed E-state index contributed by atoms with van der Waals surface area (Å²) in [5.74, 6) is 0. The topological polar surface area (TPSA) is 17.1 Å². The molecule has 0 radical (unpaired) electrons. The Hall–Kier alpha value is -2.19. The summed E-state index contributed by atoms with van der Waals surface area (Å²) in [6.07, 6.45) is 0.895. The average Bonchev–Trinajstić information content (AvgIpc) is 3.15. The van der Waals surface area contributed by atoms with Gasteiger partial charge in [0.25, 0.3) is 0 Å². The summed E-state index contributed by atoms with van der Waals surface area (Å²) >= 11 is 1.52. The van der Waals surface area contributed by atoms with Gasteiger partial charge in [-0.2, -0.15) is 0 Å². The molecular formula is C21H24OS. The third kappa shape index (κ3) is 5.19. The minimum Gasteiger partial charge on any atom is -0.297 e. The second-order valence-electron chi connectivity index (χ2n) is 4.26. The first-order chi connectivity index (χ1) is 11.4. The number of hydrogen-bond acceptors (Lipinski definition) is 2. The zero-order valence-electron chi connectivity index (χ0n) is 14.2. The quantitative estimate of drug-likeness (QED) is 0.476. The molecule has 0 saturated carbocycles. The van der Waals surface area contributed by atoms with Crippen LogP contribution in [0.25, 0.3) is 21.6 Å². The van der Waals surface area contributed by atoms with Crippen LogP contribution in [0.4, 0.5) is 0 Å². The van der Waals surface area contributed by atoms with E-state index in [2.05, 4.69) is 36.4 Å². The highest BCUT2D eigenvalue weighted by atomic mass is 32.1. The van der Waals surface area contributed by atoms with Crippen molar-refractivity contribution in [3.05, 3.63) is 71.6 Å². The van der Waals surface area contributed by atoms with Crippen LogP contribution < -0.4 is 0 Å². The maximum Gasteiger partial charge on any atom is 0.160 e. The molecule has 0 fully saturated rings. The van der Waals surface area contributed by atoms with Crippen molar-refractivity contribution in [2.45, 2.75) is 27.7 Å². The van der Waals surface area contributed by atoms with Crippen LogP contribution in [0.3, 0.4) is 0 Å². The van der Waals surface area contributed by atoms with E-state index in [1.807, 2.05) is 58.0 Å². The lowest BCUT2D eigenvalue weighted by atomic mass is 10.0. The molecular weight excluding hydrogens is 300 g/mol. The highest BCUT2D eigenvalue weighted by molar-refractivity contribution is 7.17. The Bertz CT molecular complexity index is 681. The third-order valence-electron chi connectivity index (χ3n) is 3.02. The number of carbonyl (C=O) groups is 1. The largest absolute Gasteiger partial charge is 0.297 e. The fourth-order valence-corrected chi connectivity index (χ4v) is 2.86. The first-order valence-electron chi connectivity index (χ1n) is 8.08. The van der Waals surface area contributed by atoms with Crippen LogP contribution in [0, 0.1) is 0 Å². The highest BCUT2D eigenvalue weighted by Crippen LogP contribution is 2.29. The molecule has 0 amide bonds. The molecule has 0 aliphatic rings. The molecule has 0 aliphatic carbocycles. The van der Waals surface area contributed by atoms with E-state index in [1.165, 1.54) is 22.5 Å². The van der Waals surface area contributed by atoms with Crippen molar-refractivity contribution in [3.8, 4) is 21.6 Å². The predicted octanol–water partition coefficient (Wildman–Crippen LogP) is 6.95. The Balaban J connectivity index is 0.000000615. The van der Waals surface area contributed by atoms with Crippen LogP contribution in [0.2, 0.25) is 0 Å². The third-order valence-corrected chi connectivity index (χ3v) is 4.08. The Labute approximate surface area is 143 Å². The maximum atomic E-state index is 10.7. The molecule has 0 aliphatic heterocycles. The molecule has 3 rings (SSSR count). The van der Waals surface area contributed by atoms with Gasteiger partial charge in [-0.1, -0.05) is 82.3 Å². The van der Waals surface area contributed by atoms with Gasteiger partial charge in [0.05, 0.1) is 4.88 Å². The molecule has 120 valence electrons. The van der Waals surface area contributed by atoms with E-state index >= 15 is 0 Å². The minimum atomic E-state index is 0.766. The molecule has 0 atom stereocenters. The molecule has 3 aromatic rings. The summed E-state index contributed by atoms with van der Waals surface area (Å²) in [5, 5.41) is 0. The Morgan fingerprint density at radius 1 is 0.652 bits per heavy atom. The number of thiophene rings is 1. The molecule has 0 spiro atoms. The smallest absolute Gasteiger partial charge is 0.160 e. The predicted molar refractivity (Wildman–Crippen MR) is 103 cm³/mol. The normalized spacial score (nSPS) is 9.04. The molecule has 1 aromatic heterocycles. The number of hydrogen-bond donors (Lipinski definition) is 0. The molecule has 0 N–H and O–H groups in total. The molecule has 2 heteroatoms. The number of benzene rings is 2. The molecule has 0 bridgehead atoms. The van der Waals surface area contributed by atoms with Crippen LogP contribution >= 0.6 is 11.3 Å². The SMILES string of the molecule is CC.CC.O=Cc1ccc(-c2ccc(-c3ccccc3)cc2)s1. The van der Waals surface area contributed by atoms with Crippen molar-refractivity contribution in [2.75, 3.05) is 0 Å². The van der Waals surface area contributed by atoms with Crippen LogP contribution in [-0.4, -0.2) is 6.29 Å². The summed E-state index contributed by atoms with van der Waals surface area (Å²) in [6, 6.07) is 22.6. The average molecular weight is 324 g/mol. The fraction of sp³-hybridized carbons (Fsp3) is 0.190. The van der Waals surface area contributed by atoms with Crippen molar-refractivity contribution in [1.82, 2.24) is 0 Å². The van der Waals surface area contributed by atoms with Gasteiger partial charge < -0.3 is 0 Å². The number of aldehydes is 1. The van der Waals surface area contributed by atoms with Gasteiger partial charge in [-0.25, -0.2) is 0 Å². The van der Waals surface area contributed by atoms with Gasteiger partial charge in [0, 0.05) is 4.88 Å². The Morgan fingerprint density at radius 3 is 1.70 bits per heavy atom. The van der Waals surface area contributed by atoms with Gasteiger partial charge in [-0.3, -0.25) is 4.79 Å². The Morgan fingerprint density at radius 2 is 1.17 bits per heavy atom. The van der Waals surface area contributed by atoms with E-state index in [4.69, 9.17) is 0 Å². The standard InChI is InChI=1S/C17H12OS.2C2H6/c18-12-16-10-11-17(19-16)15-8-6-14(7-9-15)13-4-2-1-3-5-13;2*1-2/h1-12H;2*1-2H3. The zero-order valence-corrected chi connectivity index (χ0v) is 15.1. The van der Waals surface area contributed by atoms with Crippen LogP contribution in [0.1, 0.15) is 37.4 Å². The number of carbonyl (C=O) groups excluding carboxylic acids is 1. The molecule has 1 nitrogen and oxygen atoms in total. The number of rotatable bonds is 3. The van der Waals surface area contributed by atoms with Crippen LogP contribution in [0.15, 0.2) is 66.7 Å². The van der Waals surface area contributed by atoms with Gasteiger partial charge in [0.15, 0.2) is 6.29 Å². The van der Waals surface area contributed by atoms with E-state index in [-0.39, 0.29) is 0 Å². The maximum absolute atomic E-state index is 10.7. The minimum absolute atomic E-state index is 0.766. The lowest BCUT2D eigenvalue weighted by molar-refractivity contribution is 0.112. The fourth-order valence-electron chi connectivity index (χ4n) is 2.03. The van der Waals surface area contributed by atoms with Gasteiger partial charge in [0.1, 0.15) is 0 Å². The molecule has 0 unspecified atom stereocenters. The summed E-state index contributed by atoms with van der Waals surface area (Å²) in [7, 11) is 0. The van der Waals surface area contributed by atoms with Gasteiger partial charge >= 0.3 is 0 Å². The highest BCUT2D eigenvalue weighted by Gasteiger charge is 2.03. The van der Waals surface area contributed by atoms with Gasteiger partial charge in [0.2, 0.25) is 0 Å². The summed E-state index contributed by atoms with van der Waals surface area (Å²) in [4.78, 5) is 12.6. The lowest BCUT2D eigenvalue weighted by Gasteiger charge is -2.03. The van der Waals surface area contributed by atoms with E-state index in [9.17, 15) is 4.79 Å². The lowest BCUT2D eigenvalue weighted by Crippen LogP contribution is -1.77. The van der Waals surface area contributed by atoms with Crippen molar-refractivity contribution in [3.63, 3.8) is 0 Å². The van der Waals surface area contributed by atoms with E-state index in [0.29, 0.717) is 0 Å².